The lowest BCUT2D eigenvalue weighted by atomic mass is 9.92. The molecule has 2 aromatic rings. The van der Waals surface area contributed by atoms with E-state index < -0.39 is 0 Å². The van der Waals surface area contributed by atoms with Crippen molar-refractivity contribution in [2.75, 3.05) is 24.1 Å². The second-order valence-electron chi connectivity index (χ2n) is 11.8. The van der Waals surface area contributed by atoms with Crippen LogP contribution in [0.5, 0.6) is 0 Å². The highest BCUT2D eigenvalue weighted by Crippen LogP contribution is 2.39. The normalized spacial score (nSPS) is 24.1. The van der Waals surface area contributed by atoms with E-state index in [-0.39, 0.29) is 42.3 Å². The Kier molecular flexibility index (Phi) is 7.92. The van der Waals surface area contributed by atoms with Gasteiger partial charge in [0.05, 0.1) is 0 Å². The van der Waals surface area contributed by atoms with E-state index in [4.69, 9.17) is 10.5 Å². The average Bonchev–Trinajstić information content (AvgIpc) is 3.43. The zero-order valence-corrected chi connectivity index (χ0v) is 23.1. The number of rotatable bonds is 7. The number of anilines is 3. The van der Waals surface area contributed by atoms with E-state index >= 15 is 0 Å². The van der Waals surface area contributed by atoms with Crippen LogP contribution in [-0.2, 0) is 4.74 Å². The number of H-pyrrole nitrogens is 1. The van der Waals surface area contributed by atoms with Crippen LogP contribution in [0, 0.1) is 0 Å². The summed E-state index contributed by atoms with van der Waals surface area (Å²) in [7, 11) is 0. The summed E-state index contributed by atoms with van der Waals surface area (Å²) in [6, 6.07) is 4.40. The Labute approximate surface area is 234 Å². The summed E-state index contributed by atoms with van der Waals surface area (Å²) in [5.41, 5.74) is 6.76. The zero-order chi connectivity index (χ0) is 27.5. The van der Waals surface area contributed by atoms with Crippen molar-refractivity contribution < 1.29 is 14.3 Å². The topological polar surface area (TPSA) is 154 Å². The molecule has 2 unspecified atom stereocenters. The van der Waals surface area contributed by atoms with Gasteiger partial charge in [0.25, 0.3) is 0 Å². The van der Waals surface area contributed by atoms with Gasteiger partial charge in [0, 0.05) is 55.1 Å². The molecule has 216 valence electrons. The lowest BCUT2D eigenvalue weighted by Crippen LogP contribution is -2.55. The van der Waals surface area contributed by atoms with E-state index in [0.29, 0.717) is 30.6 Å². The summed E-state index contributed by atoms with van der Waals surface area (Å²) in [5, 5.41) is 14.2. The third-order valence-electron chi connectivity index (χ3n) is 8.84. The maximum atomic E-state index is 13.8. The van der Waals surface area contributed by atoms with Gasteiger partial charge in [-0.1, -0.05) is 19.3 Å². The van der Waals surface area contributed by atoms with Crippen LogP contribution < -0.4 is 16.4 Å². The Morgan fingerprint density at radius 1 is 1.00 bits per heavy atom. The number of aromatic amines is 1. The average molecular weight is 552 g/mol. The molecule has 3 aliphatic carbocycles. The van der Waals surface area contributed by atoms with Crippen molar-refractivity contribution in [3.05, 3.63) is 24.0 Å². The standard InChI is InChI=1S/C28H41N9O3/c29-26-30-13-10-24(33-26)32-25-17-23(34-35-25)18-6-7-21(16-18)37(20-4-2-1-3-5-20)27(38)31-19-11-14-36(15-12-19)28(39)40-22-8-9-22/h10,13,17-22H,1-9,11-12,14-16H2,(H,31,38)(H4,29,30,32,33,34,35). The van der Waals surface area contributed by atoms with Crippen LogP contribution in [0.3, 0.4) is 0 Å². The first-order valence-corrected chi connectivity index (χ1v) is 15.0. The van der Waals surface area contributed by atoms with Gasteiger partial charge in [-0.05, 0) is 63.9 Å². The number of likely N-dealkylation sites (tertiary alicyclic amines) is 1. The molecule has 6 rings (SSSR count). The van der Waals surface area contributed by atoms with Gasteiger partial charge in [-0.3, -0.25) is 5.10 Å². The number of nitrogens with one attached hydrogen (secondary N) is 3. The highest BCUT2D eigenvalue weighted by atomic mass is 16.6. The van der Waals surface area contributed by atoms with Crippen molar-refractivity contribution in [2.24, 2.45) is 0 Å². The molecule has 40 heavy (non-hydrogen) atoms. The molecule has 5 N–H and O–H groups in total. The number of nitrogen functional groups attached to an aromatic ring is 1. The Balaban J connectivity index is 1.06. The van der Waals surface area contributed by atoms with E-state index in [1.807, 2.05) is 6.07 Å². The Bertz CT molecular complexity index is 1170. The fraction of sp³-hybridized carbons (Fsp3) is 0.679. The molecule has 2 aromatic heterocycles. The molecule has 0 aromatic carbocycles. The van der Waals surface area contributed by atoms with E-state index in [1.165, 1.54) is 19.3 Å². The van der Waals surface area contributed by atoms with Gasteiger partial charge in [0.2, 0.25) is 5.95 Å². The summed E-state index contributed by atoms with van der Waals surface area (Å²) >= 11 is 0. The Hall–Kier alpha value is -3.57. The van der Waals surface area contributed by atoms with Crippen LogP contribution in [0.2, 0.25) is 0 Å². The third kappa shape index (κ3) is 6.42. The summed E-state index contributed by atoms with van der Waals surface area (Å²) < 4.78 is 5.45. The van der Waals surface area contributed by atoms with Crippen LogP contribution in [0.1, 0.15) is 88.7 Å². The lowest BCUT2D eigenvalue weighted by Gasteiger charge is -2.40. The van der Waals surface area contributed by atoms with Gasteiger partial charge in [-0.15, -0.1) is 0 Å². The summed E-state index contributed by atoms with van der Waals surface area (Å²) in [6.45, 7) is 1.26. The van der Waals surface area contributed by atoms with Gasteiger partial charge in [-0.25, -0.2) is 14.6 Å². The molecule has 3 heterocycles. The minimum atomic E-state index is -0.202. The molecular weight excluding hydrogens is 510 g/mol. The fourth-order valence-corrected chi connectivity index (χ4v) is 6.52. The molecule has 4 aliphatic rings. The van der Waals surface area contributed by atoms with Gasteiger partial charge in [0.1, 0.15) is 11.9 Å². The highest BCUT2D eigenvalue weighted by molar-refractivity contribution is 5.75. The van der Waals surface area contributed by atoms with Crippen molar-refractivity contribution in [2.45, 2.75) is 107 Å². The molecule has 1 aliphatic heterocycles. The number of hydrogen-bond acceptors (Lipinski definition) is 8. The summed E-state index contributed by atoms with van der Waals surface area (Å²) in [5.74, 6) is 1.80. The first-order chi connectivity index (χ1) is 19.5. The molecule has 4 fully saturated rings. The molecule has 0 spiro atoms. The van der Waals surface area contributed by atoms with Crippen LogP contribution in [0.4, 0.5) is 27.2 Å². The van der Waals surface area contributed by atoms with Crippen LogP contribution in [-0.4, -0.2) is 79.4 Å². The third-order valence-corrected chi connectivity index (χ3v) is 8.84. The van der Waals surface area contributed by atoms with Gasteiger partial charge in [-0.2, -0.15) is 10.1 Å². The Morgan fingerprint density at radius 3 is 2.55 bits per heavy atom. The summed E-state index contributed by atoms with van der Waals surface area (Å²) in [6.07, 6.45) is 13.6. The molecule has 2 atom stereocenters. The monoisotopic (exact) mass is 551 g/mol. The number of nitrogens with two attached hydrogens (primary N) is 1. The van der Waals surface area contributed by atoms with Gasteiger partial charge < -0.3 is 30.9 Å². The zero-order valence-electron chi connectivity index (χ0n) is 23.1. The van der Waals surface area contributed by atoms with Crippen molar-refractivity contribution in [3.63, 3.8) is 0 Å². The van der Waals surface area contributed by atoms with Crippen LogP contribution in [0.15, 0.2) is 18.3 Å². The molecule has 3 saturated carbocycles. The smallest absolute Gasteiger partial charge is 0.410 e. The minimum Gasteiger partial charge on any atom is -0.446 e. The quantitative estimate of drug-likeness (QED) is 0.398. The first kappa shape index (κ1) is 26.6. The lowest BCUT2D eigenvalue weighted by molar-refractivity contribution is 0.0834. The molecule has 0 radical (unpaired) electrons. The van der Waals surface area contributed by atoms with Crippen molar-refractivity contribution in [3.8, 4) is 0 Å². The number of nitrogens with zero attached hydrogens (tertiary/aromatic N) is 5. The number of aromatic nitrogens is 4. The predicted molar refractivity (Wildman–Crippen MR) is 150 cm³/mol. The van der Waals surface area contributed by atoms with E-state index in [1.54, 1.807) is 17.2 Å². The molecule has 12 nitrogen and oxygen atoms in total. The number of ether oxygens (including phenoxy) is 1. The van der Waals surface area contributed by atoms with Crippen molar-refractivity contribution >= 4 is 29.7 Å². The van der Waals surface area contributed by atoms with E-state index in [9.17, 15) is 9.59 Å². The van der Waals surface area contributed by atoms with Crippen LogP contribution in [0.25, 0.3) is 0 Å². The number of carbonyl (C=O) groups excluding carboxylic acids is 2. The summed E-state index contributed by atoms with van der Waals surface area (Å²) in [4.78, 5) is 38.2. The maximum Gasteiger partial charge on any atom is 0.410 e. The van der Waals surface area contributed by atoms with Crippen molar-refractivity contribution in [1.82, 2.24) is 35.3 Å². The van der Waals surface area contributed by atoms with E-state index in [0.717, 1.165) is 63.5 Å². The minimum absolute atomic E-state index is 0.0601. The number of urea groups is 1. The Morgan fingerprint density at radius 2 is 1.80 bits per heavy atom. The van der Waals surface area contributed by atoms with Crippen LogP contribution >= 0.6 is 0 Å². The molecule has 3 amide bonds. The van der Waals surface area contributed by atoms with Crippen molar-refractivity contribution in [1.29, 1.82) is 0 Å². The van der Waals surface area contributed by atoms with E-state index in [2.05, 4.69) is 35.7 Å². The number of carbonyl (C=O) groups is 2. The largest absolute Gasteiger partial charge is 0.446 e. The maximum absolute atomic E-state index is 13.8. The number of hydrogen-bond donors (Lipinski definition) is 4. The van der Waals surface area contributed by atoms with Gasteiger partial charge >= 0.3 is 12.1 Å². The second kappa shape index (κ2) is 11.9. The first-order valence-electron chi connectivity index (χ1n) is 15.0. The molecule has 12 heteroatoms. The second-order valence-corrected chi connectivity index (χ2v) is 11.8. The fourth-order valence-electron chi connectivity index (χ4n) is 6.52. The number of piperidine rings is 1. The SMILES string of the molecule is Nc1nccc(Nc2cc(C3CCC(N(C(=O)NC4CCN(C(=O)OC5CC5)CC4)C4CCCCC4)C3)[nH]n2)n1. The molecular formula is C28H41N9O3. The predicted octanol–water partition coefficient (Wildman–Crippen LogP) is 4.27. The van der Waals surface area contributed by atoms with Gasteiger partial charge in [0.15, 0.2) is 5.82 Å². The molecule has 1 saturated heterocycles. The molecule has 0 bridgehead atoms. The highest BCUT2D eigenvalue weighted by Gasteiger charge is 2.39. The number of amides is 3.